The summed E-state index contributed by atoms with van der Waals surface area (Å²) in [6, 6.07) is 7.64. The van der Waals surface area contributed by atoms with Crippen LogP contribution in [0.4, 0.5) is 5.69 Å². The van der Waals surface area contributed by atoms with E-state index in [1.54, 1.807) is 0 Å². The van der Waals surface area contributed by atoms with Crippen LogP contribution in [0.25, 0.3) is 0 Å². The van der Waals surface area contributed by atoms with Gasteiger partial charge in [0.05, 0.1) is 17.7 Å². The summed E-state index contributed by atoms with van der Waals surface area (Å²) in [5.74, 6) is 0.833. The third-order valence-electron chi connectivity index (χ3n) is 4.51. The lowest BCUT2D eigenvalue weighted by Crippen LogP contribution is -2.37. The Balaban J connectivity index is 1.57. The standard InChI is InChI=1S/C18H26N2O3/c21-18(14-6-5-10-19-12-14)20-16-8-1-2-9-17(16)23-13-15-7-3-4-11-22-15/h1-2,8-9,14-15,19H,3-7,10-13H2,(H,20,21). The number of carbonyl (C=O) groups is 1. The van der Waals surface area contributed by atoms with Gasteiger partial charge in [-0.3, -0.25) is 4.79 Å². The van der Waals surface area contributed by atoms with Gasteiger partial charge in [0.2, 0.25) is 5.91 Å². The molecule has 23 heavy (non-hydrogen) atoms. The molecule has 2 N–H and O–H groups in total. The van der Waals surface area contributed by atoms with Crippen LogP contribution in [-0.4, -0.2) is 38.3 Å². The molecule has 1 amide bonds. The van der Waals surface area contributed by atoms with Crippen molar-refractivity contribution in [1.29, 1.82) is 0 Å². The van der Waals surface area contributed by atoms with Gasteiger partial charge in [-0.05, 0) is 50.8 Å². The Morgan fingerprint density at radius 2 is 2.17 bits per heavy atom. The number of piperidine rings is 1. The van der Waals surface area contributed by atoms with E-state index in [9.17, 15) is 4.79 Å². The number of rotatable bonds is 5. The van der Waals surface area contributed by atoms with Gasteiger partial charge in [-0.15, -0.1) is 0 Å². The quantitative estimate of drug-likeness (QED) is 0.876. The van der Waals surface area contributed by atoms with Crippen LogP contribution in [0.5, 0.6) is 5.75 Å². The Bertz CT molecular complexity index is 509. The van der Waals surface area contributed by atoms with Crippen molar-refractivity contribution < 1.29 is 14.3 Å². The van der Waals surface area contributed by atoms with Crippen LogP contribution < -0.4 is 15.4 Å². The first kappa shape index (κ1) is 16.3. The van der Waals surface area contributed by atoms with Crippen LogP contribution >= 0.6 is 0 Å². The number of benzene rings is 1. The average molecular weight is 318 g/mol. The molecule has 2 heterocycles. The predicted molar refractivity (Wildman–Crippen MR) is 89.8 cm³/mol. The van der Waals surface area contributed by atoms with E-state index in [0.717, 1.165) is 56.8 Å². The van der Waals surface area contributed by atoms with Gasteiger partial charge in [-0.25, -0.2) is 0 Å². The van der Waals surface area contributed by atoms with Gasteiger partial charge in [0.25, 0.3) is 0 Å². The summed E-state index contributed by atoms with van der Waals surface area (Å²) in [7, 11) is 0. The lowest BCUT2D eigenvalue weighted by atomic mass is 9.99. The summed E-state index contributed by atoms with van der Waals surface area (Å²) in [5.41, 5.74) is 0.749. The lowest BCUT2D eigenvalue weighted by molar-refractivity contribution is -0.120. The van der Waals surface area contributed by atoms with Crippen molar-refractivity contribution in [1.82, 2.24) is 5.32 Å². The third kappa shape index (κ3) is 4.69. The molecule has 2 aliphatic rings. The minimum atomic E-state index is 0.0403. The van der Waals surface area contributed by atoms with E-state index < -0.39 is 0 Å². The van der Waals surface area contributed by atoms with Crippen molar-refractivity contribution in [2.45, 2.75) is 38.2 Å². The Hall–Kier alpha value is -1.59. The first-order valence-corrected chi connectivity index (χ1v) is 8.68. The molecule has 3 rings (SSSR count). The maximum Gasteiger partial charge on any atom is 0.228 e. The van der Waals surface area contributed by atoms with Crippen LogP contribution in [0.3, 0.4) is 0 Å². The fraction of sp³-hybridized carbons (Fsp3) is 0.611. The van der Waals surface area contributed by atoms with Crippen LogP contribution in [-0.2, 0) is 9.53 Å². The lowest BCUT2D eigenvalue weighted by Gasteiger charge is -2.24. The Morgan fingerprint density at radius 3 is 2.96 bits per heavy atom. The highest BCUT2D eigenvalue weighted by Gasteiger charge is 2.22. The molecule has 2 aliphatic heterocycles. The van der Waals surface area contributed by atoms with Crippen molar-refractivity contribution >= 4 is 11.6 Å². The van der Waals surface area contributed by atoms with Gasteiger partial charge in [-0.1, -0.05) is 12.1 Å². The molecular formula is C18H26N2O3. The molecule has 2 fully saturated rings. The second-order valence-corrected chi connectivity index (χ2v) is 6.33. The largest absolute Gasteiger partial charge is 0.489 e. The fourth-order valence-electron chi connectivity index (χ4n) is 3.13. The summed E-state index contributed by atoms with van der Waals surface area (Å²) in [6.07, 6.45) is 5.53. The molecule has 0 bridgehead atoms. The molecule has 5 heteroatoms. The van der Waals surface area contributed by atoms with Gasteiger partial charge in [0.1, 0.15) is 12.4 Å². The van der Waals surface area contributed by atoms with E-state index in [0.29, 0.717) is 6.61 Å². The van der Waals surface area contributed by atoms with Gasteiger partial charge in [-0.2, -0.15) is 0 Å². The van der Waals surface area contributed by atoms with Crippen LogP contribution in [0.1, 0.15) is 32.1 Å². The summed E-state index contributed by atoms with van der Waals surface area (Å²) in [5, 5.41) is 6.30. The molecule has 0 spiro atoms. The Morgan fingerprint density at radius 1 is 1.26 bits per heavy atom. The van der Waals surface area contributed by atoms with E-state index in [1.165, 1.54) is 6.42 Å². The highest BCUT2D eigenvalue weighted by Crippen LogP contribution is 2.26. The van der Waals surface area contributed by atoms with Crippen molar-refractivity contribution in [3.05, 3.63) is 24.3 Å². The first-order chi connectivity index (χ1) is 11.3. The Labute approximate surface area is 137 Å². The summed E-state index contributed by atoms with van der Waals surface area (Å²) >= 11 is 0. The zero-order valence-electron chi connectivity index (χ0n) is 13.6. The summed E-state index contributed by atoms with van der Waals surface area (Å²) in [4.78, 5) is 12.4. The van der Waals surface area contributed by atoms with E-state index in [2.05, 4.69) is 10.6 Å². The molecule has 0 saturated carbocycles. The van der Waals surface area contributed by atoms with Gasteiger partial charge >= 0.3 is 0 Å². The smallest absolute Gasteiger partial charge is 0.228 e. The van der Waals surface area contributed by atoms with Crippen LogP contribution in [0, 0.1) is 5.92 Å². The molecular weight excluding hydrogens is 292 g/mol. The second kappa shape index (κ2) is 8.31. The first-order valence-electron chi connectivity index (χ1n) is 8.68. The normalized spacial score (nSPS) is 24.9. The molecule has 2 saturated heterocycles. The summed E-state index contributed by atoms with van der Waals surface area (Å²) < 4.78 is 11.6. The van der Waals surface area contributed by atoms with E-state index >= 15 is 0 Å². The number of nitrogens with one attached hydrogen (secondary N) is 2. The topological polar surface area (TPSA) is 59.6 Å². The summed E-state index contributed by atoms with van der Waals surface area (Å²) in [6.45, 7) is 3.12. The monoisotopic (exact) mass is 318 g/mol. The van der Waals surface area contributed by atoms with E-state index in [1.807, 2.05) is 24.3 Å². The minimum absolute atomic E-state index is 0.0403. The molecule has 0 aromatic heterocycles. The molecule has 1 aromatic carbocycles. The highest BCUT2D eigenvalue weighted by molar-refractivity contribution is 5.94. The number of carbonyl (C=O) groups excluding carboxylic acids is 1. The maximum absolute atomic E-state index is 12.4. The SMILES string of the molecule is O=C(Nc1ccccc1OCC1CCCCO1)C1CCCNC1. The minimum Gasteiger partial charge on any atom is -0.489 e. The van der Waals surface area contributed by atoms with E-state index in [-0.39, 0.29) is 17.9 Å². The van der Waals surface area contributed by atoms with Gasteiger partial charge < -0.3 is 20.1 Å². The number of hydrogen-bond acceptors (Lipinski definition) is 4. The molecule has 1 aromatic rings. The van der Waals surface area contributed by atoms with Crippen LogP contribution in [0.15, 0.2) is 24.3 Å². The van der Waals surface area contributed by atoms with Crippen molar-refractivity contribution in [2.24, 2.45) is 5.92 Å². The van der Waals surface area contributed by atoms with Crippen LogP contribution in [0.2, 0.25) is 0 Å². The number of amides is 1. The molecule has 2 unspecified atom stereocenters. The van der Waals surface area contributed by atoms with Gasteiger partial charge in [0, 0.05) is 13.2 Å². The number of anilines is 1. The fourth-order valence-corrected chi connectivity index (χ4v) is 3.13. The van der Waals surface area contributed by atoms with Crippen molar-refractivity contribution in [3.8, 4) is 5.75 Å². The molecule has 2 atom stereocenters. The predicted octanol–water partition coefficient (Wildman–Crippen LogP) is 2.57. The molecule has 5 nitrogen and oxygen atoms in total. The van der Waals surface area contributed by atoms with Gasteiger partial charge in [0.15, 0.2) is 0 Å². The Kier molecular flexibility index (Phi) is 5.88. The number of ether oxygens (including phenoxy) is 2. The second-order valence-electron chi connectivity index (χ2n) is 6.33. The van der Waals surface area contributed by atoms with Crippen molar-refractivity contribution in [2.75, 3.05) is 31.6 Å². The molecule has 126 valence electrons. The zero-order chi connectivity index (χ0) is 15.9. The highest BCUT2D eigenvalue weighted by atomic mass is 16.5. The molecule has 0 radical (unpaired) electrons. The number of hydrogen-bond donors (Lipinski definition) is 2. The molecule has 0 aliphatic carbocycles. The number of para-hydroxylation sites is 2. The van der Waals surface area contributed by atoms with E-state index in [4.69, 9.17) is 9.47 Å². The average Bonchev–Trinajstić information content (AvgIpc) is 2.62. The van der Waals surface area contributed by atoms with Crippen molar-refractivity contribution in [3.63, 3.8) is 0 Å². The maximum atomic E-state index is 12.4. The zero-order valence-corrected chi connectivity index (χ0v) is 13.6. The third-order valence-corrected chi connectivity index (χ3v) is 4.51.